The molecule has 0 N–H and O–H groups in total. The fourth-order valence-corrected chi connectivity index (χ4v) is 3.17. The van der Waals surface area contributed by atoms with Gasteiger partial charge in [-0.15, -0.1) is 11.8 Å². The summed E-state index contributed by atoms with van der Waals surface area (Å²) in [6.45, 7) is 6.21. The van der Waals surface area contributed by atoms with Crippen molar-refractivity contribution in [1.29, 1.82) is 0 Å². The van der Waals surface area contributed by atoms with Gasteiger partial charge in [0.05, 0.1) is 0 Å². The first-order chi connectivity index (χ1) is 10.4. The molecule has 1 aromatic carbocycles. The van der Waals surface area contributed by atoms with Crippen LogP contribution in [0.2, 0.25) is 0 Å². The van der Waals surface area contributed by atoms with E-state index in [4.69, 9.17) is 0 Å². The zero-order chi connectivity index (χ0) is 14.5. The van der Waals surface area contributed by atoms with Gasteiger partial charge in [-0.25, -0.2) is 9.97 Å². The third-order valence-corrected chi connectivity index (χ3v) is 4.45. The summed E-state index contributed by atoms with van der Waals surface area (Å²) in [4.78, 5) is 13.5. The number of thioether (sulfide) groups is 1. The maximum atomic E-state index is 4.43. The summed E-state index contributed by atoms with van der Waals surface area (Å²) in [6.07, 6.45) is 1.68. The van der Waals surface area contributed by atoms with Crippen molar-refractivity contribution < 1.29 is 0 Å². The number of para-hydroxylation sites is 1. The van der Waals surface area contributed by atoms with Gasteiger partial charge in [0.15, 0.2) is 0 Å². The first-order valence-corrected chi connectivity index (χ1v) is 8.35. The second-order valence-corrected chi connectivity index (χ2v) is 6.24. The largest absolute Gasteiger partial charge is 0.368 e. The lowest BCUT2D eigenvalue weighted by molar-refractivity contribution is 0.645. The van der Waals surface area contributed by atoms with Crippen LogP contribution in [0.3, 0.4) is 0 Å². The van der Waals surface area contributed by atoms with Gasteiger partial charge in [0.1, 0.15) is 17.2 Å². The van der Waals surface area contributed by atoms with Crippen LogP contribution < -0.4 is 9.80 Å². The van der Waals surface area contributed by atoms with Crippen molar-refractivity contribution in [3.63, 3.8) is 0 Å². The summed E-state index contributed by atoms with van der Waals surface area (Å²) in [5.74, 6) is 2.09. The molecule has 0 aliphatic carbocycles. The van der Waals surface area contributed by atoms with Gasteiger partial charge in [-0.1, -0.05) is 25.1 Å². The highest BCUT2D eigenvalue weighted by molar-refractivity contribution is 7.99. The van der Waals surface area contributed by atoms with E-state index in [-0.39, 0.29) is 0 Å². The molecule has 110 valence electrons. The van der Waals surface area contributed by atoms with Crippen molar-refractivity contribution in [2.75, 3.05) is 41.7 Å². The average molecular weight is 300 g/mol. The Morgan fingerprint density at radius 3 is 2.43 bits per heavy atom. The third kappa shape index (κ3) is 3.47. The van der Waals surface area contributed by atoms with Crippen LogP contribution in [0.4, 0.5) is 11.5 Å². The molecule has 0 saturated carbocycles. The minimum absolute atomic E-state index is 1.00. The summed E-state index contributed by atoms with van der Waals surface area (Å²) >= 11 is 1.76. The predicted molar refractivity (Wildman–Crippen MR) is 89.3 cm³/mol. The Bertz CT molecular complexity index is 567. The van der Waals surface area contributed by atoms with Crippen molar-refractivity contribution in [2.24, 2.45) is 0 Å². The number of anilines is 2. The predicted octanol–water partition coefficient (Wildman–Crippen LogP) is 2.92. The van der Waals surface area contributed by atoms with Gasteiger partial charge in [0.2, 0.25) is 0 Å². The van der Waals surface area contributed by atoms with Crippen LogP contribution in [0.15, 0.2) is 47.8 Å². The molecular formula is C16H20N4S. The maximum absolute atomic E-state index is 4.43. The standard InChI is InChI=1S/C16H20N4S/c1-2-21-16-12-15(17-13-18-16)20-10-8-19(9-11-20)14-6-4-3-5-7-14/h3-7,12-13H,2,8-11H2,1H3. The van der Waals surface area contributed by atoms with Crippen LogP contribution in [-0.2, 0) is 0 Å². The topological polar surface area (TPSA) is 32.3 Å². The van der Waals surface area contributed by atoms with E-state index in [2.05, 4.69) is 63.1 Å². The molecule has 0 unspecified atom stereocenters. The molecule has 3 rings (SSSR count). The number of rotatable bonds is 4. The Labute approximate surface area is 130 Å². The van der Waals surface area contributed by atoms with Crippen molar-refractivity contribution in [2.45, 2.75) is 11.9 Å². The number of hydrogen-bond acceptors (Lipinski definition) is 5. The number of benzene rings is 1. The van der Waals surface area contributed by atoms with Crippen LogP contribution in [0.25, 0.3) is 0 Å². The Morgan fingerprint density at radius 2 is 1.71 bits per heavy atom. The Morgan fingerprint density at radius 1 is 1.00 bits per heavy atom. The Kier molecular flexibility index (Phi) is 4.60. The fraction of sp³-hybridized carbons (Fsp3) is 0.375. The molecule has 1 aliphatic rings. The molecule has 1 aliphatic heterocycles. The second kappa shape index (κ2) is 6.80. The highest BCUT2D eigenvalue weighted by atomic mass is 32.2. The first kappa shape index (κ1) is 14.2. The van der Waals surface area contributed by atoms with E-state index in [1.165, 1.54) is 5.69 Å². The molecule has 1 aromatic heterocycles. The number of hydrogen-bond donors (Lipinski definition) is 0. The van der Waals surface area contributed by atoms with Gasteiger partial charge >= 0.3 is 0 Å². The normalized spacial score (nSPS) is 15.3. The summed E-state index contributed by atoms with van der Waals surface area (Å²) in [5.41, 5.74) is 1.31. The highest BCUT2D eigenvalue weighted by Crippen LogP contribution is 2.22. The van der Waals surface area contributed by atoms with Gasteiger partial charge < -0.3 is 9.80 Å². The van der Waals surface area contributed by atoms with Gasteiger partial charge in [-0.05, 0) is 17.9 Å². The van der Waals surface area contributed by atoms with Crippen LogP contribution in [0.5, 0.6) is 0 Å². The lowest BCUT2D eigenvalue weighted by Gasteiger charge is -2.36. The highest BCUT2D eigenvalue weighted by Gasteiger charge is 2.18. The third-order valence-electron chi connectivity index (χ3n) is 3.64. The van der Waals surface area contributed by atoms with E-state index in [0.717, 1.165) is 42.8 Å². The number of aromatic nitrogens is 2. The smallest absolute Gasteiger partial charge is 0.133 e. The van der Waals surface area contributed by atoms with Gasteiger partial charge in [0, 0.05) is 37.9 Å². The van der Waals surface area contributed by atoms with E-state index < -0.39 is 0 Å². The second-order valence-electron chi connectivity index (χ2n) is 4.96. The molecule has 0 atom stereocenters. The molecule has 0 bridgehead atoms. The minimum atomic E-state index is 1.00. The lowest BCUT2D eigenvalue weighted by Crippen LogP contribution is -2.46. The van der Waals surface area contributed by atoms with Gasteiger partial charge in [-0.3, -0.25) is 0 Å². The average Bonchev–Trinajstić information content (AvgIpc) is 2.56. The van der Waals surface area contributed by atoms with Crippen molar-refractivity contribution in [1.82, 2.24) is 9.97 Å². The molecule has 4 nitrogen and oxygen atoms in total. The summed E-state index contributed by atoms with van der Waals surface area (Å²) in [5, 5.41) is 1.06. The zero-order valence-electron chi connectivity index (χ0n) is 12.3. The van der Waals surface area contributed by atoms with Crippen LogP contribution in [0.1, 0.15) is 6.92 Å². The van der Waals surface area contributed by atoms with Crippen LogP contribution in [0, 0.1) is 0 Å². The molecule has 1 fully saturated rings. The fourth-order valence-electron chi connectivity index (χ4n) is 2.56. The van der Waals surface area contributed by atoms with E-state index in [0.29, 0.717) is 0 Å². The molecule has 1 saturated heterocycles. The van der Waals surface area contributed by atoms with Crippen molar-refractivity contribution in [3.05, 3.63) is 42.7 Å². The Hall–Kier alpha value is -1.75. The maximum Gasteiger partial charge on any atom is 0.133 e. The van der Waals surface area contributed by atoms with Crippen LogP contribution >= 0.6 is 11.8 Å². The summed E-state index contributed by atoms with van der Waals surface area (Å²) in [6, 6.07) is 12.7. The molecule has 2 heterocycles. The van der Waals surface area contributed by atoms with Gasteiger partial charge in [-0.2, -0.15) is 0 Å². The van der Waals surface area contributed by atoms with E-state index in [1.54, 1.807) is 18.1 Å². The summed E-state index contributed by atoms with van der Waals surface area (Å²) < 4.78 is 0. The molecule has 2 aromatic rings. The van der Waals surface area contributed by atoms with E-state index in [9.17, 15) is 0 Å². The van der Waals surface area contributed by atoms with Gasteiger partial charge in [0.25, 0.3) is 0 Å². The van der Waals surface area contributed by atoms with Crippen molar-refractivity contribution >= 4 is 23.3 Å². The SMILES string of the molecule is CCSc1cc(N2CCN(c3ccccc3)CC2)ncn1. The quantitative estimate of drug-likeness (QED) is 0.640. The lowest BCUT2D eigenvalue weighted by atomic mass is 10.2. The summed E-state index contributed by atoms with van der Waals surface area (Å²) in [7, 11) is 0. The van der Waals surface area contributed by atoms with Crippen molar-refractivity contribution in [3.8, 4) is 0 Å². The minimum Gasteiger partial charge on any atom is -0.368 e. The zero-order valence-corrected chi connectivity index (χ0v) is 13.1. The first-order valence-electron chi connectivity index (χ1n) is 7.36. The van der Waals surface area contributed by atoms with E-state index >= 15 is 0 Å². The van der Waals surface area contributed by atoms with Crippen LogP contribution in [-0.4, -0.2) is 41.9 Å². The molecule has 21 heavy (non-hydrogen) atoms. The monoisotopic (exact) mass is 300 g/mol. The molecule has 0 spiro atoms. The molecular weight excluding hydrogens is 280 g/mol. The molecule has 5 heteroatoms. The Balaban J connectivity index is 1.64. The molecule has 0 amide bonds. The molecule has 0 radical (unpaired) electrons. The number of piperazine rings is 1. The van der Waals surface area contributed by atoms with E-state index in [1.807, 2.05) is 0 Å². The number of nitrogens with zero attached hydrogens (tertiary/aromatic N) is 4.